The van der Waals surface area contributed by atoms with Gasteiger partial charge in [-0.3, -0.25) is 4.79 Å². The van der Waals surface area contributed by atoms with E-state index in [2.05, 4.69) is 4.98 Å². The van der Waals surface area contributed by atoms with Crippen molar-refractivity contribution < 1.29 is 13.2 Å². The molecule has 0 N–H and O–H groups in total. The third kappa shape index (κ3) is 5.94. The maximum absolute atomic E-state index is 13.1. The van der Waals surface area contributed by atoms with Gasteiger partial charge in [0.25, 0.3) is 0 Å². The molecule has 0 atom stereocenters. The van der Waals surface area contributed by atoms with E-state index in [0.29, 0.717) is 11.6 Å². The van der Waals surface area contributed by atoms with Crippen LogP contribution in [0, 0.1) is 6.92 Å². The molecule has 3 aromatic rings. The highest BCUT2D eigenvalue weighted by atomic mass is 32.2. The molecule has 0 bridgehead atoms. The van der Waals surface area contributed by atoms with E-state index in [0.717, 1.165) is 21.1 Å². The van der Waals surface area contributed by atoms with Gasteiger partial charge in [0.2, 0.25) is 15.9 Å². The van der Waals surface area contributed by atoms with Crippen LogP contribution >= 0.6 is 11.8 Å². The Hall–Kier alpha value is -2.68. The summed E-state index contributed by atoms with van der Waals surface area (Å²) < 4.78 is 25.5. The second-order valence-corrected chi connectivity index (χ2v) is 10.4. The van der Waals surface area contributed by atoms with E-state index in [-0.39, 0.29) is 16.6 Å². The third-order valence-corrected chi connectivity index (χ3v) is 7.36. The van der Waals surface area contributed by atoms with Crippen molar-refractivity contribution in [1.29, 1.82) is 0 Å². The molecule has 0 aliphatic heterocycles. The topological polar surface area (TPSA) is 70.6 Å². The molecule has 0 aliphatic rings. The highest BCUT2D eigenvalue weighted by molar-refractivity contribution is 7.99. The number of thioether (sulfide) groups is 1. The minimum atomic E-state index is -3.53. The summed E-state index contributed by atoms with van der Waals surface area (Å²) in [5.41, 5.74) is 2.96. The Morgan fingerprint density at radius 1 is 1.00 bits per heavy atom. The van der Waals surface area contributed by atoms with Gasteiger partial charge in [0.05, 0.1) is 17.3 Å². The SMILES string of the molecule is Cc1cccc(N(Cc2ccccc2)C(=O)CSc2ccc(S(=O)(=O)N(C)C)cn2)c1. The first kappa shape index (κ1) is 23.0. The molecule has 0 aliphatic carbocycles. The van der Waals surface area contributed by atoms with Crippen molar-refractivity contribution in [3.8, 4) is 0 Å². The van der Waals surface area contributed by atoms with Gasteiger partial charge >= 0.3 is 0 Å². The normalized spacial score (nSPS) is 11.5. The van der Waals surface area contributed by atoms with Crippen LogP contribution in [0.2, 0.25) is 0 Å². The number of pyridine rings is 1. The maximum Gasteiger partial charge on any atom is 0.244 e. The molecule has 0 saturated heterocycles. The predicted molar refractivity (Wildman–Crippen MR) is 125 cm³/mol. The van der Waals surface area contributed by atoms with Crippen molar-refractivity contribution in [2.24, 2.45) is 0 Å². The number of aryl methyl sites for hydroxylation is 1. The average molecular weight is 456 g/mol. The van der Waals surface area contributed by atoms with Crippen molar-refractivity contribution in [3.63, 3.8) is 0 Å². The summed E-state index contributed by atoms with van der Waals surface area (Å²) >= 11 is 1.28. The van der Waals surface area contributed by atoms with Crippen molar-refractivity contribution in [2.75, 3.05) is 24.7 Å². The Bertz CT molecular complexity index is 1130. The zero-order chi connectivity index (χ0) is 22.4. The summed E-state index contributed by atoms with van der Waals surface area (Å²) in [7, 11) is -0.576. The van der Waals surface area contributed by atoms with Gasteiger partial charge in [-0.25, -0.2) is 17.7 Å². The van der Waals surface area contributed by atoms with E-state index in [1.807, 2.05) is 61.5 Å². The van der Waals surface area contributed by atoms with Gasteiger partial charge in [-0.15, -0.1) is 0 Å². The Morgan fingerprint density at radius 2 is 1.74 bits per heavy atom. The summed E-state index contributed by atoms with van der Waals surface area (Å²) in [4.78, 5) is 19.2. The zero-order valence-corrected chi connectivity index (χ0v) is 19.4. The number of carbonyl (C=O) groups is 1. The fraction of sp³-hybridized carbons (Fsp3) is 0.217. The van der Waals surface area contributed by atoms with E-state index >= 15 is 0 Å². The molecule has 2 aromatic carbocycles. The van der Waals surface area contributed by atoms with Crippen molar-refractivity contribution in [3.05, 3.63) is 84.1 Å². The Balaban J connectivity index is 1.74. The van der Waals surface area contributed by atoms with E-state index in [4.69, 9.17) is 0 Å². The van der Waals surface area contributed by atoms with Crippen molar-refractivity contribution in [2.45, 2.75) is 23.4 Å². The van der Waals surface area contributed by atoms with Crippen LogP contribution in [-0.2, 0) is 21.4 Å². The second-order valence-electron chi connectivity index (χ2n) is 7.21. The average Bonchev–Trinajstić information content (AvgIpc) is 2.76. The molecule has 162 valence electrons. The number of rotatable bonds is 8. The van der Waals surface area contributed by atoms with Crippen molar-refractivity contribution >= 4 is 33.4 Å². The van der Waals surface area contributed by atoms with Crippen LogP contribution < -0.4 is 4.90 Å². The number of sulfonamides is 1. The summed E-state index contributed by atoms with van der Waals surface area (Å²) in [5, 5.41) is 0.593. The van der Waals surface area contributed by atoms with Gasteiger partial charge in [-0.05, 0) is 42.3 Å². The molecule has 0 saturated carbocycles. The number of amides is 1. The quantitative estimate of drug-likeness (QED) is 0.481. The molecule has 1 aromatic heterocycles. The lowest BCUT2D eigenvalue weighted by Crippen LogP contribution is -2.32. The van der Waals surface area contributed by atoms with Gasteiger partial charge in [0.1, 0.15) is 4.90 Å². The number of nitrogens with zero attached hydrogens (tertiary/aromatic N) is 3. The molecule has 0 unspecified atom stereocenters. The van der Waals surface area contributed by atoms with Gasteiger partial charge < -0.3 is 4.90 Å². The van der Waals surface area contributed by atoms with Crippen LogP contribution in [0.5, 0.6) is 0 Å². The molecule has 0 spiro atoms. The molecule has 6 nitrogen and oxygen atoms in total. The standard InChI is InChI=1S/C23H25N3O3S2/c1-18-8-7-11-20(14-18)26(16-19-9-5-4-6-10-19)23(27)17-30-22-13-12-21(15-24-22)31(28,29)25(2)3/h4-15H,16-17H2,1-3H3. The maximum atomic E-state index is 13.1. The van der Waals surface area contributed by atoms with Gasteiger partial charge in [-0.2, -0.15) is 0 Å². The predicted octanol–water partition coefficient (Wildman–Crippen LogP) is 3.97. The smallest absolute Gasteiger partial charge is 0.244 e. The monoisotopic (exact) mass is 455 g/mol. The highest BCUT2D eigenvalue weighted by Gasteiger charge is 2.19. The fourth-order valence-corrected chi connectivity index (χ4v) is 4.48. The lowest BCUT2D eigenvalue weighted by Gasteiger charge is -2.23. The fourth-order valence-electron chi connectivity index (χ4n) is 2.91. The van der Waals surface area contributed by atoms with Crippen LogP contribution in [-0.4, -0.2) is 43.5 Å². The number of anilines is 1. The largest absolute Gasteiger partial charge is 0.307 e. The zero-order valence-electron chi connectivity index (χ0n) is 17.7. The third-order valence-electron chi connectivity index (χ3n) is 4.63. The van der Waals surface area contributed by atoms with Gasteiger partial charge in [0, 0.05) is 26.0 Å². The van der Waals surface area contributed by atoms with Crippen molar-refractivity contribution in [1.82, 2.24) is 9.29 Å². The minimum Gasteiger partial charge on any atom is -0.307 e. The van der Waals surface area contributed by atoms with Crippen LogP contribution in [0.25, 0.3) is 0 Å². The Morgan fingerprint density at radius 3 is 2.35 bits per heavy atom. The van der Waals surface area contributed by atoms with E-state index < -0.39 is 10.0 Å². The molecular weight excluding hydrogens is 430 g/mol. The second kappa shape index (κ2) is 10.1. The lowest BCUT2D eigenvalue weighted by atomic mass is 10.1. The molecule has 1 amide bonds. The molecule has 0 radical (unpaired) electrons. The summed E-state index contributed by atoms with van der Waals surface area (Å²) in [6.07, 6.45) is 1.32. The van der Waals surface area contributed by atoms with E-state index in [1.165, 1.54) is 38.1 Å². The molecule has 3 rings (SSSR count). The molecule has 8 heteroatoms. The molecule has 31 heavy (non-hydrogen) atoms. The van der Waals surface area contributed by atoms with Crippen LogP contribution in [0.3, 0.4) is 0 Å². The molecule has 1 heterocycles. The van der Waals surface area contributed by atoms with E-state index in [9.17, 15) is 13.2 Å². The van der Waals surface area contributed by atoms with E-state index in [1.54, 1.807) is 11.0 Å². The number of benzene rings is 2. The number of hydrogen-bond acceptors (Lipinski definition) is 5. The van der Waals surface area contributed by atoms with Gasteiger partial charge in [0.15, 0.2) is 0 Å². The van der Waals surface area contributed by atoms with Crippen LogP contribution in [0.15, 0.2) is 82.8 Å². The number of carbonyl (C=O) groups excluding carboxylic acids is 1. The number of hydrogen-bond donors (Lipinski definition) is 0. The molecular formula is C23H25N3O3S2. The first-order chi connectivity index (χ1) is 14.8. The molecule has 0 fully saturated rings. The van der Waals surface area contributed by atoms with Gasteiger partial charge in [-0.1, -0.05) is 54.2 Å². The number of aromatic nitrogens is 1. The van der Waals surface area contributed by atoms with Crippen LogP contribution in [0.1, 0.15) is 11.1 Å². The Labute approximate surface area is 188 Å². The highest BCUT2D eigenvalue weighted by Crippen LogP contribution is 2.23. The van der Waals surface area contributed by atoms with Crippen LogP contribution in [0.4, 0.5) is 5.69 Å². The minimum absolute atomic E-state index is 0.0498. The lowest BCUT2D eigenvalue weighted by molar-refractivity contribution is -0.116. The Kier molecular flexibility index (Phi) is 7.48. The first-order valence-electron chi connectivity index (χ1n) is 9.70. The summed E-state index contributed by atoms with van der Waals surface area (Å²) in [5.74, 6) is 0.138. The summed E-state index contributed by atoms with van der Waals surface area (Å²) in [6.45, 7) is 2.47. The summed E-state index contributed by atoms with van der Waals surface area (Å²) in [6, 6.07) is 20.8. The first-order valence-corrected chi connectivity index (χ1v) is 12.1.